The van der Waals surface area contributed by atoms with Crippen LogP contribution in [0.3, 0.4) is 0 Å². The maximum Gasteiger partial charge on any atom is 0.113 e. The van der Waals surface area contributed by atoms with Gasteiger partial charge in [-0.3, -0.25) is 4.21 Å². The monoisotopic (exact) mass is 171 g/mol. The van der Waals surface area contributed by atoms with Crippen molar-refractivity contribution in [1.82, 2.24) is 0 Å². The Labute approximate surface area is 61.6 Å². The molecule has 6 heteroatoms. The van der Waals surface area contributed by atoms with Crippen molar-refractivity contribution >= 4 is 11.1 Å². The average Bonchev–Trinajstić information content (AvgIpc) is 1.89. The molecule has 0 fully saturated rings. The van der Waals surface area contributed by atoms with Crippen LogP contribution in [0.25, 0.3) is 0 Å². The van der Waals surface area contributed by atoms with E-state index in [1.165, 1.54) is 6.92 Å². The summed E-state index contributed by atoms with van der Waals surface area (Å²) in [6.07, 6.45) is 0. The van der Waals surface area contributed by atoms with Crippen LogP contribution in [-0.4, -0.2) is 42.7 Å². The molecular weight excluding hydrogens is 160 g/mol. The highest BCUT2D eigenvalue weighted by Crippen LogP contribution is 1.80. The third kappa shape index (κ3) is 15.7. The molecule has 64 valence electrons. The molecule has 0 saturated heterocycles. The van der Waals surface area contributed by atoms with Crippen LogP contribution in [0.15, 0.2) is 0 Å². The van der Waals surface area contributed by atoms with Crippen molar-refractivity contribution in [2.24, 2.45) is 0 Å². The summed E-state index contributed by atoms with van der Waals surface area (Å²) in [6, 6.07) is 0. The SMILES string of the molecule is CC(O)S(=O)[O-].OCCO. The molecule has 0 spiro atoms. The van der Waals surface area contributed by atoms with E-state index < -0.39 is 16.5 Å². The third-order valence-electron chi connectivity index (χ3n) is 0.379. The average molecular weight is 171 g/mol. The lowest BCUT2D eigenvalue weighted by atomic mass is 10.8. The highest BCUT2D eigenvalue weighted by atomic mass is 32.2. The van der Waals surface area contributed by atoms with Gasteiger partial charge >= 0.3 is 0 Å². The first-order chi connectivity index (χ1) is 4.56. The Morgan fingerprint density at radius 3 is 1.70 bits per heavy atom. The number of aliphatic hydroxyl groups excluding tert-OH is 3. The topological polar surface area (TPSA) is 101 Å². The summed E-state index contributed by atoms with van der Waals surface area (Å²) in [5.41, 5.74) is -1.23. The van der Waals surface area contributed by atoms with E-state index in [1.807, 2.05) is 0 Å². The van der Waals surface area contributed by atoms with Gasteiger partial charge in [0.25, 0.3) is 0 Å². The van der Waals surface area contributed by atoms with Gasteiger partial charge in [-0.15, -0.1) is 0 Å². The van der Waals surface area contributed by atoms with Gasteiger partial charge in [0, 0.05) is 0 Å². The quantitative estimate of drug-likeness (QED) is 0.424. The van der Waals surface area contributed by atoms with Gasteiger partial charge in [0.1, 0.15) is 5.44 Å². The predicted molar refractivity (Wildman–Crippen MR) is 34.8 cm³/mol. The number of hydrogen-bond donors (Lipinski definition) is 3. The summed E-state index contributed by atoms with van der Waals surface area (Å²) in [7, 11) is 0. The molecule has 0 rings (SSSR count). The molecule has 0 aromatic carbocycles. The summed E-state index contributed by atoms with van der Waals surface area (Å²) >= 11 is -2.31. The lowest BCUT2D eigenvalue weighted by Crippen LogP contribution is -2.06. The minimum absolute atomic E-state index is 0.125. The summed E-state index contributed by atoms with van der Waals surface area (Å²) in [6.45, 7) is 0.934. The molecule has 2 atom stereocenters. The van der Waals surface area contributed by atoms with Crippen molar-refractivity contribution in [3.63, 3.8) is 0 Å². The van der Waals surface area contributed by atoms with Gasteiger partial charge in [-0.2, -0.15) is 0 Å². The van der Waals surface area contributed by atoms with Crippen molar-refractivity contribution in [1.29, 1.82) is 0 Å². The van der Waals surface area contributed by atoms with E-state index in [9.17, 15) is 8.76 Å². The lowest BCUT2D eigenvalue weighted by Gasteiger charge is -2.04. The van der Waals surface area contributed by atoms with Crippen molar-refractivity contribution in [2.45, 2.75) is 12.4 Å². The van der Waals surface area contributed by atoms with E-state index >= 15 is 0 Å². The molecular formula is C4H11O5S-. The Morgan fingerprint density at radius 2 is 1.70 bits per heavy atom. The fourth-order valence-corrected chi connectivity index (χ4v) is 0. The molecule has 0 radical (unpaired) electrons. The Morgan fingerprint density at radius 1 is 1.50 bits per heavy atom. The molecule has 0 saturated carbocycles. The molecule has 0 heterocycles. The Bertz CT molecular complexity index is 81.7. The van der Waals surface area contributed by atoms with Gasteiger partial charge in [-0.05, 0) is 18.0 Å². The standard InChI is InChI=1S/C2H6O3S.C2H6O2/c1-2(3)6(4)5;3-1-2-4/h2-3H,1H3,(H,4,5);3-4H,1-2H2/p-1. The van der Waals surface area contributed by atoms with Crippen molar-refractivity contribution in [3.8, 4) is 0 Å². The van der Waals surface area contributed by atoms with Crippen molar-refractivity contribution in [3.05, 3.63) is 0 Å². The number of rotatable bonds is 2. The van der Waals surface area contributed by atoms with Crippen LogP contribution in [0.4, 0.5) is 0 Å². The smallest absolute Gasteiger partial charge is 0.113 e. The third-order valence-corrected chi connectivity index (χ3v) is 0.936. The second-order valence-electron chi connectivity index (χ2n) is 1.31. The van der Waals surface area contributed by atoms with Crippen LogP contribution in [0.5, 0.6) is 0 Å². The molecule has 2 unspecified atom stereocenters. The summed E-state index contributed by atoms with van der Waals surface area (Å²) in [5, 5.41) is 23.3. The zero-order valence-corrected chi connectivity index (χ0v) is 6.37. The highest BCUT2D eigenvalue weighted by molar-refractivity contribution is 7.79. The van der Waals surface area contributed by atoms with E-state index in [2.05, 4.69) is 0 Å². The molecule has 0 bridgehead atoms. The summed E-state index contributed by atoms with van der Waals surface area (Å²) in [5.74, 6) is 0. The van der Waals surface area contributed by atoms with Crippen LogP contribution in [0.1, 0.15) is 6.92 Å². The van der Waals surface area contributed by atoms with E-state index in [4.69, 9.17) is 15.3 Å². The van der Waals surface area contributed by atoms with Crippen molar-refractivity contribution < 1.29 is 24.1 Å². The molecule has 0 aromatic rings. The van der Waals surface area contributed by atoms with Gasteiger partial charge in [-0.25, -0.2) is 0 Å². The number of aliphatic hydroxyl groups is 3. The second kappa shape index (κ2) is 8.99. The maximum absolute atomic E-state index is 9.45. The normalized spacial score (nSPS) is 14.9. The minimum atomic E-state index is -2.31. The van der Waals surface area contributed by atoms with Gasteiger partial charge in [-0.1, -0.05) is 0 Å². The predicted octanol–water partition coefficient (Wildman–Crippen LogP) is -1.83. The first-order valence-electron chi connectivity index (χ1n) is 2.54. The van der Waals surface area contributed by atoms with Crippen LogP contribution < -0.4 is 0 Å². The molecule has 0 aromatic heterocycles. The molecule has 5 nitrogen and oxygen atoms in total. The fourth-order valence-electron chi connectivity index (χ4n) is 0. The van der Waals surface area contributed by atoms with E-state index in [0.717, 1.165) is 0 Å². The zero-order valence-electron chi connectivity index (χ0n) is 5.56. The lowest BCUT2D eigenvalue weighted by molar-refractivity contribution is 0.186. The molecule has 0 aliphatic carbocycles. The Hall–Kier alpha value is -0.0100. The van der Waals surface area contributed by atoms with E-state index in [-0.39, 0.29) is 13.2 Å². The summed E-state index contributed by atoms with van der Waals surface area (Å²) < 4.78 is 18.9. The Balaban J connectivity index is 0. The minimum Gasteiger partial charge on any atom is -0.770 e. The van der Waals surface area contributed by atoms with Crippen LogP contribution in [0, 0.1) is 0 Å². The van der Waals surface area contributed by atoms with E-state index in [0.29, 0.717) is 0 Å². The maximum atomic E-state index is 9.45. The van der Waals surface area contributed by atoms with Gasteiger partial charge in [0.05, 0.1) is 13.2 Å². The van der Waals surface area contributed by atoms with E-state index in [1.54, 1.807) is 0 Å². The molecule has 3 N–H and O–H groups in total. The fraction of sp³-hybridized carbons (Fsp3) is 1.00. The Kier molecular flexibility index (Phi) is 11.4. The molecule has 10 heavy (non-hydrogen) atoms. The largest absolute Gasteiger partial charge is 0.770 e. The van der Waals surface area contributed by atoms with Crippen LogP contribution >= 0.6 is 0 Å². The first kappa shape index (κ1) is 12.6. The first-order valence-corrected chi connectivity index (χ1v) is 3.68. The second-order valence-corrected chi connectivity index (χ2v) is 2.51. The van der Waals surface area contributed by atoms with Crippen molar-refractivity contribution in [2.75, 3.05) is 13.2 Å². The summed E-state index contributed by atoms with van der Waals surface area (Å²) in [4.78, 5) is 0. The van der Waals surface area contributed by atoms with Crippen LogP contribution in [0.2, 0.25) is 0 Å². The highest BCUT2D eigenvalue weighted by Gasteiger charge is 1.87. The van der Waals surface area contributed by atoms with Gasteiger partial charge < -0.3 is 19.9 Å². The molecule has 0 aliphatic heterocycles. The molecule has 0 amide bonds. The van der Waals surface area contributed by atoms with Gasteiger partial charge in [0.15, 0.2) is 0 Å². The van der Waals surface area contributed by atoms with Gasteiger partial charge in [0.2, 0.25) is 0 Å². The zero-order chi connectivity index (χ0) is 8.57. The number of hydrogen-bond acceptors (Lipinski definition) is 5. The molecule has 0 aliphatic rings. The van der Waals surface area contributed by atoms with Crippen LogP contribution in [-0.2, 0) is 11.1 Å².